The molecule has 9 heteroatoms. The molecule has 1 fully saturated rings. The SMILES string of the molecule is CN=C(NCCNS(=O)(=O)c1ccc(C)s1)N(C)CC1CCOC1. The van der Waals surface area contributed by atoms with E-state index in [2.05, 4.69) is 19.9 Å². The quantitative estimate of drug-likeness (QED) is 0.421. The van der Waals surface area contributed by atoms with Crippen LogP contribution in [0.25, 0.3) is 0 Å². The molecule has 1 saturated heterocycles. The lowest BCUT2D eigenvalue weighted by Gasteiger charge is -2.24. The molecule has 0 amide bonds. The molecule has 2 rings (SSSR count). The number of nitrogens with zero attached hydrogens (tertiary/aromatic N) is 2. The standard InChI is InChI=1S/C15H26N4O3S2/c1-12-4-5-14(23-12)24(20,21)18-8-7-17-15(16-2)19(3)10-13-6-9-22-11-13/h4-5,13,18H,6-11H2,1-3H3,(H,16,17). The number of thiophene rings is 1. The van der Waals surface area contributed by atoms with Crippen LogP contribution in [0.4, 0.5) is 0 Å². The molecule has 1 aliphatic heterocycles. The van der Waals surface area contributed by atoms with Crippen molar-refractivity contribution in [3.63, 3.8) is 0 Å². The molecule has 0 radical (unpaired) electrons. The Morgan fingerprint density at radius 3 is 2.83 bits per heavy atom. The minimum Gasteiger partial charge on any atom is -0.381 e. The Morgan fingerprint density at radius 1 is 1.46 bits per heavy atom. The van der Waals surface area contributed by atoms with Crippen LogP contribution < -0.4 is 10.0 Å². The van der Waals surface area contributed by atoms with Crippen LogP contribution in [-0.2, 0) is 14.8 Å². The molecule has 1 unspecified atom stereocenters. The van der Waals surface area contributed by atoms with E-state index in [4.69, 9.17) is 4.74 Å². The Kier molecular flexibility index (Phi) is 7.02. The molecule has 1 aliphatic rings. The lowest BCUT2D eigenvalue weighted by Crippen LogP contribution is -2.44. The van der Waals surface area contributed by atoms with Crippen LogP contribution in [0.5, 0.6) is 0 Å². The van der Waals surface area contributed by atoms with Crippen LogP contribution in [-0.4, -0.2) is 66.2 Å². The maximum Gasteiger partial charge on any atom is 0.250 e. The first kappa shape index (κ1) is 19.2. The van der Waals surface area contributed by atoms with Gasteiger partial charge in [0.15, 0.2) is 5.96 Å². The normalized spacial score (nSPS) is 18.8. The van der Waals surface area contributed by atoms with E-state index >= 15 is 0 Å². The molecule has 2 heterocycles. The van der Waals surface area contributed by atoms with E-state index in [1.807, 2.05) is 14.0 Å². The first-order valence-electron chi connectivity index (χ1n) is 7.98. The molecule has 0 bridgehead atoms. The number of aliphatic imine (C=N–C) groups is 1. The van der Waals surface area contributed by atoms with Crippen molar-refractivity contribution in [3.8, 4) is 0 Å². The van der Waals surface area contributed by atoms with Crippen LogP contribution in [0.1, 0.15) is 11.3 Å². The Bertz CT molecular complexity index is 651. The van der Waals surface area contributed by atoms with Gasteiger partial charge in [-0.05, 0) is 25.5 Å². The number of guanidine groups is 1. The summed E-state index contributed by atoms with van der Waals surface area (Å²) in [6.45, 7) is 5.16. The highest BCUT2D eigenvalue weighted by Gasteiger charge is 2.19. The van der Waals surface area contributed by atoms with Crippen molar-refractivity contribution >= 4 is 27.3 Å². The lowest BCUT2D eigenvalue weighted by atomic mass is 10.1. The number of hydrogen-bond acceptors (Lipinski definition) is 5. The second-order valence-corrected chi connectivity index (χ2v) is 9.13. The van der Waals surface area contributed by atoms with Crippen LogP contribution >= 0.6 is 11.3 Å². The summed E-state index contributed by atoms with van der Waals surface area (Å²) in [6, 6.07) is 3.44. The zero-order chi connectivity index (χ0) is 17.6. The fourth-order valence-electron chi connectivity index (χ4n) is 2.57. The van der Waals surface area contributed by atoms with Crippen molar-refractivity contribution in [1.82, 2.24) is 14.9 Å². The predicted molar refractivity (Wildman–Crippen MR) is 97.2 cm³/mol. The summed E-state index contributed by atoms with van der Waals surface area (Å²) in [7, 11) is 0.279. The summed E-state index contributed by atoms with van der Waals surface area (Å²) in [6.07, 6.45) is 1.07. The molecule has 0 saturated carbocycles. The van der Waals surface area contributed by atoms with Gasteiger partial charge in [-0.3, -0.25) is 4.99 Å². The summed E-state index contributed by atoms with van der Waals surface area (Å²) in [5.74, 6) is 1.28. The van der Waals surface area contributed by atoms with Crippen LogP contribution in [0.2, 0.25) is 0 Å². The smallest absolute Gasteiger partial charge is 0.250 e. The summed E-state index contributed by atoms with van der Waals surface area (Å²) in [4.78, 5) is 7.27. The van der Waals surface area contributed by atoms with Crippen molar-refractivity contribution in [2.75, 3.05) is 46.9 Å². The van der Waals surface area contributed by atoms with E-state index in [0.29, 0.717) is 23.2 Å². The number of aryl methyl sites for hydroxylation is 1. The summed E-state index contributed by atoms with van der Waals surface area (Å²) in [5, 5.41) is 3.18. The van der Waals surface area contributed by atoms with E-state index in [9.17, 15) is 8.42 Å². The van der Waals surface area contributed by atoms with Gasteiger partial charge in [-0.15, -0.1) is 11.3 Å². The molecular formula is C15H26N4O3S2. The predicted octanol–water partition coefficient (Wildman–Crippen LogP) is 0.879. The van der Waals surface area contributed by atoms with Crippen molar-refractivity contribution in [3.05, 3.63) is 17.0 Å². The zero-order valence-corrected chi connectivity index (χ0v) is 16.0. The summed E-state index contributed by atoms with van der Waals surface area (Å²) >= 11 is 1.27. The summed E-state index contributed by atoms with van der Waals surface area (Å²) < 4.78 is 32.6. The maximum atomic E-state index is 12.1. The Labute approximate surface area is 148 Å². The van der Waals surface area contributed by atoms with Gasteiger partial charge in [0.25, 0.3) is 0 Å². The van der Waals surface area contributed by atoms with E-state index in [-0.39, 0.29) is 0 Å². The molecule has 0 aromatic carbocycles. The minimum atomic E-state index is -3.42. The Morgan fingerprint density at radius 2 is 2.25 bits per heavy atom. The molecule has 2 N–H and O–H groups in total. The molecule has 7 nitrogen and oxygen atoms in total. The number of rotatable bonds is 7. The molecular weight excluding hydrogens is 348 g/mol. The molecule has 24 heavy (non-hydrogen) atoms. The van der Waals surface area contributed by atoms with Gasteiger partial charge < -0.3 is 15.0 Å². The minimum absolute atomic E-state index is 0.304. The fraction of sp³-hybridized carbons (Fsp3) is 0.667. The average molecular weight is 375 g/mol. The first-order chi connectivity index (χ1) is 11.4. The number of ether oxygens (including phenoxy) is 1. The van der Waals surface area contributed by atoms with Crippen molar-refractivity contribution in [2.24, 2.45) is 10.9 Å². The van der Waals surface area contributed by atoms with Crippen LogP contribution in [0.3, 0.4) is 0 Å². The van der Waals surface area contributed by atoms with E-state index in [0.717, 1.165) is 37.0 Å². The molecule has 0 aliphatic carbocycles. The lowest BCUT2D eigenvalue weighted by molar-refractivity contribution is 0.181. The van der Waals surface area contributed by atoms with Gasteiger partial charge >= 0.3 is 0 Å². The fourth-order valence-corrected chi connectivity index (χ4v) is 4.93. The van der Waals surface area contributed by atoms with E-state index < -0.39 is 10.0 Å². The number of hydrogen-bond donors (Lipinski definition) is 2. The largest absolute Gasteiger partial charge is 0.381 e. The van der Waals surface area contributed by atoms with Gasteiger partial charge in [-0.2, -0.15) is 0 Å². The van der Waals surface area contributed by atoms with E-state index in [1.165, 1.54) is 11.3 Å². The summed E-state index contributed by atoms with van der Waals surface area (Å²) in [5.41, 5.74) is 0. The van der Waals surface area contributed by atoms with Gasteiger partial charge in [0.1, 0.15) is 4.21 Å². The first-order valence-corrected chi connectivity index (χ1v) is 10.3. The van der Waals surface area contributed by atoms with Crippen molar-refractivity contribution in [2.45, 2.75) is 17.6 Å². The Balaban J connectivity index is 1.75. The van der Waals surface area contributed by atoms with Crippen molar-refractivity contribution in [1.29, 1.82) is 0 Å². The molecule has 136 valence electrons. The zero-order valence-electron chi connectivity index (χ0n) is 14.4. The highest BCUT2D eigenvalue weighted by Crippen LogP contribution is 2.19. The second-order valence-electron chi connectivity index (χ2n) is 5.85. The van der Waals surface area contributed by atoms with Gasteiger partial charge in [0.2, 0.25) is 10.0 Å². The molecule has 1 aromatic rings. The second kappa shape index (κ2) is 8.80. The maximum absolute atomic E-state index is 12.1. The highest BCUT2D eigenvalue weighted by molar-refractivity contribution is 7.91. The average Bonchev–Trinajstić information content (AvgIpc) is 3.19. The van der Waals surface area contributed by atoms with Gasteiger partial charge in [0, 0.05) is 51.1 Å². The molecule has 1 aromatic heterocycles. The third kappa shape index (κ3) is 5.44. The molecule has 0 spiro atoms. The monoisotopic (exact) mass is 374 g/mol. The topological polar surface area (TPSA) is 83.0 Å². The van der Waals surface area contributed by atoms with Crippen LogP contribution in [0.15, 0.2) is 21.3 Å². The van der Waals surface area contributed by atoms with Gasteiger partial charge in [-0.1, -0.05) is 0 Å². The van der Waals surface area contributed by atoms with Gasteiger partial charge in [0.05, 0.1) is 6.61 Å². The van der Waals surface area contributed by atoms with Crippen LogP contribution in [0, 0.1) is 12.8 Å². The van der Waals surface area contributed by atoms with E-state index in [1.54, 1.807) is 19.2 Å². The van der Waals surface area contributed by atoms with Gasteiger partial charge in [-0.25, -0.2) is 13.1 Å². The number of sulfonamides is 1. The third-order valence-corrected chi connectivity index (χ3v) is 6.76. The molecule has 1 atom stereocenters. The third-order valence-electron chi connectivity index (χ3n) is 3.81. The van der Waals surface area contributed by atoms with Crippen molar-refractivity contribution < 1.29 is 13.2 Å². The highest BCUT2D eigenvalue weighted by atomic mass is 32.2. The Hall–Kier alpha value is -1.16. The number of nitrogens with one attached hydrogen (secondary N) is 2.